The molecular weight excluding hydrogens is 956 g/mol. The molecule has 67 heavy (non-hydrogen) atoms. The zero-order valence-electron chi connectivity index (χ0n) is 34.6. The number of hydrogen-bond acceptors (Lipinski definition) is 7. The third-order valence-electron chi connectivity index (χ3n) is 8.15. The van der Waals surface area contributed by atoms with Crippen molar-refractivity contribution in [3.05, 3.63) is 169 Å². The van der Waals surface area contributed by atoms with Crippen LogP contribution in [0, 0.1) is 11.3 Å². The molecular formula is C40H39F12N11O2P2. The summed E-state index contributed by atoms with van der Waals surface area (Å²) in [6.45, 7) is 3.65. The molecule has 0 radical (unpaired) electrons. The summed E-state index contributed by atoms with van der Waals surface area (Å²) in [7, 11) is -21.3. The molecule has 0 aliphatic carbocycles. The second-order valence-corrected chi connectivity index (χ2v) is 17.8. The molecule has 2 aromatic carbocycles. The average molecular weight is 996 g/mol. The Kier molecular flexibility index (Phi) is 15.3. The molecule has 0 fully saturated rings. The summed E-state index contributed by atoms with van der Waals surface area (Å²) in [6, 6.07) is 29.7. The van der Waals surface area contributed by atoms with Gasteiger partial charge < -0.3 is 20.4 Å². The van der Waals surface area contributed by atoms with Crippen LogP contribution >= 0.6 is 15.6 Å². The minimum atomic E-state index is -10.7. The van der Waals surface area contributed by atoms with Crippen LogP contribution in [0.5, 0.6) is 0 Å². The van der Waals surface area contributed by atoms with Crippen LogP contribution in [0.2, 0.25) is 0 Å². The smallest absolute Gasteiger partial charge is 0.250 e. The van der Waals surface area contributed by atoms with E-state index in [1.54, 1.807) is 40.7 Å². The van der Waals surface area contributed by atoms with Crippen molar-refractivity contribution < 1.29 is 69.1 Å². The number of carbonyl (C=O) groups excluding carboxylic acids is 2. The zero-order valence-corrected chi connectivity index (χ0v) is 36.4. The molecule has 0 saturated carbocycles. The average Bonchev–Trinajstić information content (AvgIpc) is 3.90. The number of anilines is 2. The number of rotatable bonds is 2. The summed E-state index contributed by atoms with van der Waals surface area (Å²) in [5.41, 5.74) is 4.27. The number of nitriles is 1. The van der Waals surface area contributed by atoms with Gasteiger partial charge in [0.25, 0.3) is 12.7 Å². The van der Waals surface area contributed by atoms with E-state index in [-0.39, 0.29) is 0 Å². The predicted octanol–water partition coefficient (Wildman–Crippen LogP) is 11.4. The van der Waals surface area contributed by atoms with E-state index in [0.717, 1.165) is 48.7 Å². The molecule has 4 aliphatic heterocycles. The van der Waals surface area contributed by atoms with Crippen LogP contribution in [0.25, 0.3) is 11.6 Å². The summed E-state index contributed by atoms with van der Waals surface area (Å²) in [4.78, 5) is 36.2. The van der Waals surface area contributed by atoms with Crippen LogP contribution in [0.4, 0.5) is 62.0 Å². The summed E-state index contributed by atoms with van der Waals surface area (Å²) >= 11 is 0. The van der Waals surface area contributed by atoms with Crippen LogP contribution in [0.15, 0.2) is 147 Å². The van der Waals surface area contributed by atoms with E-state index < -0.39 is 15.6 Å². The van der Waals surface area contributed by atoms with Crippen LogP contribution in [-0.4, -0.2) is 41.7 Å². The number of halogens is 12. The first-order valence-electron chi connectivity index (χ1n) is 18.9. The molecule has 2 N–H and O–H groups in total. The molecule has 10 rings (SSSR count). The predicted molar refractivity (Wildman–Crippen MR) is 226 cm³/mol. The van der Waals surface area contributed by atoms with E-state index in [4.69, 9.17) is 15.2 Å². The summed E-state index contributed by atoms with van der Waals surface area (Å²) in [6.07, 6.45) is 20.3. The van der Waals surface area contributed by atoms with Crippen molar-refractivity contribution in [2.24, 2.45) is 0 Å². The van der Waals surface area contributed by atoms with E-state index in [1.807, 2.05) is 107 Å². The fourth-order valence-electron chi connectivity index (χ4n) is 5.57. The van der Waals surface area contributed by atoms with Crippen molar-refractivity contribution in [3.8, 4) is 17.7 Å². The molecule has 4 aliphatic rings. The molecule has 27 heteroatoms. The number of imidazole rings is 2. The van der Waals surface area contributed by atoms with Gasteiger partial charge in [-0.25, -0.2) is 9.13 Å². The van der Waals surface area contributed by atoms with Crippen molar-refractivity contribution in [2.75, 3.05) is 10.6 Å². The summed E-state index contributed by atoms with van der Waals surface area (Å²) in [5, 5.41) is 13.7. The Morgan fingerprint density at radius 1 is 0.567 bits per heavy atom. The van der Waals surface area contributed by atoms with Gasteiger partial charge in [0, 0.05) is 43.9 Å². The van der Waals surface area contributed by atoms with Gasteiger partial charge in [-0.2, -0.15) is 24.4 Å². The number of carbonyl (C=O) groups is 2. The molecule has 12 bridgehead atoms. The van der Waals surface area contributed by atoms with E-state index in [2.05, 4.69) is 44.0 Å². The van der Waals surface area contributed by atoms with Gasteiger partial charge in [-0.1, -0.05) is 60.7 Å². The van der Waals surface area contributed by atoms with Crippen LogP contribution in [0.3, 0.4) is 0 Å². The Bertz CT molecular complexity index is 2520. The van der Waals surface area contributed by atoms with E-state index in [1.165, 1.54) is 18.1 Å². The number of nitrogens with one attached hydrogen (secondary N) is 2. The van der Waals surface area contributed by atoms with Crippen molar-refractivity contribution in [1.29, 1.82) is 5.26 Å². The van der Waals surface area contributed by atoms with Crippen molar-refractivity contribution >= 4 is 40.1 Å². The molecule has 13 nitrogen and oxygen atoms in total. The van der Waals surface area contributed by atoms with Crippen LogP contribution in [0.1, 0.15) is 29.2 Å². The number of benzene rings is 2. The van der Waals surface area contributed by atoms with Crippen molar-refractivity contribution in [2.45, 2.75) is 33.1 Å². The molecule has 0 saturated heterocycles. The SMILES string of the molecule is CC#N.F[P-](F)(F)(F)(F)F.F[P-](F)(F)(F)(F)F.O=CN1/C=C\Nc2cccc(n2)-n2cc[n+](c2)Cc2ccc(cc2)C[n+]2ccn(c2)-c2cccc(n2)N/C=C\N(C=O)Cc2ccc(cc2)C1. The fourth-order valence-corrected chi connectivity index (χ4v) is 5.57. The monoisotopic (exact) mass is 995 g/mol. The standard InChI is InChI=1S/C38H36N10O2.C2H3N.2F6P/c49-29-45-17-15-39-35-3-1-5-37(41-35)47-21-19-43(27-47)23-31-7-9-32(10-8-31)24-44-20-22-48(28-44)38-6-2-4-36(42-38)40-16-18-46(30-50)26-34-13-11-33(25-45)12-14-34;1-2-3;2*1-7(2,3,4,5)6/h1-22,27-30H,23-26H2,(H,39,41)(H,40,42);1H3;;/q+2;;2*-1/b17-15-,18-16-;;;. The molecule has 6 aromatic rings. The molecule has 4 aromatic heterocycles. The number of aromatic nitrogens is 6. The number of amides is 2. The van der Waals surface area contributed by atoms with Gasteiger partial charge in [-0.05, 0) is 34.4 Å². The number of pyridine rings is 2. The normalized spacial score (nSPS) is 16.0. The maximum absolute atomic E-state index is 11.8. The first-order chi connectivity index (χ1) is 30.9. The third-order valence-corrected chi connectivity index (χ3v) is 8.15. The first-order valence-corrected chi connectivity index (χ1v) is 22.9. The van der Waals surface area contributed by atoms with Crippen LogP contribution in [-0.2, 0) is 35.8 Å². The zero-order chi connectivity index (χ0) is 49.6. The minimum Gasteiger partial charge on any atom is -0.345 e. The van der Waals surface area contributed by atoms with Gasteiger partial charge >= 0.3 is 66.0 Å². The summed E-state index contributed by atoms with van der Waals surface area (Å²) in [5.74, 6) is 2.83. The number of nitrogens with zero attached hydrogens (tertiary/aromatic N) is 9. The Labute approximate surface area is 373 Å². The number of hydrogen-bond donors (Lipinski definition) is 2. The minimum absolute atomic E-state index is 0.387. The van der Waals surface area contributed by atoms with Crippen LogP contribution < -0.4 is 19.8 Å². The van der Waals surface area contributed by atoms with Gasteiger partial charge in [0.15, 0.2) is 0 Å². The maximum atomic E-state index is 11.8. The second kappa shape index (κ2) is 19.7. The Morgan fingerprint density at radius 3 is 1.19 bits per heavy atom. The van der Waals surface area contributed by atoms with Gasteiger partial charge in [-0.15, -0.1) is 0 Å². The van der Waals surface area contributed by atoms with Gasteiger partial charge in [0.1, 0.15) is 49.5 Å². The Morgan fingerprint density at radius 2 is 0.881 bits per heavy atom. The molecule has 0 spiro atoms. The Balaban J connectivity index is 0.000000494. The first kappa shape index (κ1) is 52.3. The maximum Gasteiger partial charge on any atom is 0.250 e. The second-order valence-electron chi connectivity index (χ2n) is 14.0. The largest absolute Gasteiger partial charge is 0.345 e. The Hall–Kier alpha value is -7.31. The molecule has 360 valence electrons. The van der Waals surface area contributed by atoms with E-state index in [0.29, 0.717) is 24.7 Å². The van der Waals surface area contributed by atoms with E-state index in [9.17, 15) is 60.0 Å². The van der Waals surface area contributed by atoms with Gasteiger partial charge in [-0.3, -0.25) is 9.59 Å². The fraction of sp³-hybridized carbons (Fsp3) is 0.125. The van der Waals surface area contributed by atoms with Crippen molar-refractivity contribution in [3.63, 3.8) is 0 Å². The third kappa shape index (κ3) is 22.9. The topological polar surface area (TPSA) is 132 Å². The van der Waals surface area contributed by atoms with Gasteiger partial charge in [0.05, 0.1) is 19.2 Å². The quantitative estimate of drug-likeness (QED) is 0.0764. The molecule has 0 atom stereocenters. The molecule has 2 amide bonds. The van der Waals surface area contributed by atoms with Crippen molar-refractivity contribution in [1.82, 2.24) is 28.9 Å². The van der Waals surface area contributed by atoms with Gasteiger partial charge in [0.2, 0.25) is 24.5 Å². The molecule has 0 unspecified atom stereocenters. The summed E-state index contributed by atoms with van der Waals surface area (Å²) < 4.78 is 127. The van der Waals surface area contributed by atoms with E-state index >= 15 is 0 Å². The molecule has 8 heterocycles.